The summed E-state index contributed by atoms with van der Waals surface area (Å²) in [6.45, 7) is 2.69. The minimum Gasteiger partial charge on any atom is -0.497 e. The highest BCUT2D eigenvalue weighted by molar-refractivity contribution is 5.40. The first kappa shape index (κ1) is 14.8. The van der Waals surface area contributed by atoms with E-state index in [2.05, 4.69) is 4.90 Å². The van der Waals surface area contributed by atoms with Gasteiger partial charge in [-0.15, -0.1) is 0 Å². The average Bonchev–Trinajstić information content (AvgIpc) is 2.39. The van der Waals surface area contributed by atoms with Crippen molar-refractivity contribution >= 4 is 0 Å². The molecule has 0 aliphatic heterocycles. The molecule has 0 amide bonds. The molecule has 1 aromatic rings. The third-order valence-corrected chi connectivity index (χ3v) is 2.74. The predicted octanol–water partition coefficient (Wildman–Crippen LogP) is 0.457. The summed E-state index contributed by atoms with van der Waals surface area (Å²) < 4.78 is 10.5. The Labute approximate surface area is 108 Å². The Bertz CT molecular complexity index is 352. The molecule has 0 aliphatic carbocycles. The van der Waals surface area contributed by atoms with Crippen molar-refractivity contribution in [3.8, 4) is 11.5 Å². The Hall–Kier alpha value is -1.30. The Morgan fingerprint density at radius 2 is 2.00 bits per heavy atom. The fourth-order valence-electron chi connectivity index (χ4n) is 1.84. The largest absolute Gasteiger partial charge is 0.497 e. The van der Waals surface area contributed by atoms with Crippen LogP contribution < -0.4 is 15.2 Å². The highest BCUT2D eigenvalue weighted by Gasteiger charge is 2.10. The molecular weight excluding hydrogens is 232 g/mol. The van der Waals surface area contributed by atoms with Crippen molar-refractivity contribution in [3.63, 3.8) is 0 Å². The third kappa shape index (κ3) is 4.18. The van der Waals surface area contributed by atoms with Crippen LogP contribution in [0.2, 0.25) is 0 Å². The minimum atomic E-state index is 0.117. The Morgan fingerprint density at radius 1 is 1.22 bits per heavy atom. The molecule has 1 rings (SSSR count). The van der Waals surface area contributed by atoms with Crippen LogP contribution in [-0.2, 0) is 6.54 Å². The minimum absolute atomic E-state index is 0.117. The van der Waals surface area contributed by atoms with E-state index in [1.165, 1.54) is 0 Å². The number of nitrogens with zero attached hydrogens (tertiary/aromatic N) is 1. The van der Waals surface area contributed by atoms with Gasteiger partial charge in [0.05, 0.1) is 20.8 Å². The smallest absolute Gasteiger partial charge is 0.123 e. The Kier molecular flexibility index (Phi) is 6.49. The topological polar surface area (TPSA) is 68.0 Å². The molecule has 0 saturated carbocycles. The van der Waals surface area contributed by atoms with Crippen molar-refractivity contribution < 1.29 is 14.6 Å². The van der Waals surface area contributed by atoms with Gasteiger partial charge in [0.15, 0.2) is 0 Å². The molecule has 0 atom stereocenters. The van der Waals surface area contributed by atoms with Crippen molar-refractivity contribution in [2.45, 2.75) is 6.54 Å². The van der Waals surface area contributed by atoms with Crippen LogP contribution in [0.15, 0.2) is 18.2 Å². The SMILES string of the molecule is COc1ccc(OC)c(CN(CCN)CCO)c1. The number of aliphatic hydroxyl groups is 1. The molecule has 0 spiro atoms. The summed E-state index contributed by atoms with van der Waals surface area (Å²) in [6, 6.07) is 5.69. The molecule has 0 bridgehead atoms. The number of rotatable bonds is 8. The lowest BCUT2D eigenvalue weighted by Gasteiger charge is -2.22. The number of ether oxygens (including phenoxy) is 2. The molecule has 5 nitrogen and oxygen atoms in total. The van der Waals surface area contributed by atoms with E-state index in [0.29, 0.717) is 19.6 Å². The first-order chi connectivity index (χ1) is 8.74. The molecule has 0 aromatic heterocycles. The maximum absolute atomic E-state index is 9.03. The zero-order chi connectivity index (χ0) is 13.4. The van der Waals surface area contributed by atoms with Gasteiger partial charge in [0.25, 0.3) is 0 Å². The van der Waals surface area contributed by atoms with Gasteiger partial charge in [-0.05, 0) is 18.2 Å². The van der Waals surface area contributed by atoms with Crippen LogP contribution in [0.4, 0.5) is 0 Å². The second kappa shape index (κ2) is 7.92. The van der Waals surface area contributed by atoms with Gasteiger partial charge >= 0.3 is 0 Å². The Balaban J connectivity index is 2.84. The van der Waals surface area contributed by atoms with Crippen LogP contribution in [0.1, 0.15) is 5.56 Å². The van der Waals surface area contributed by atoms with Crippen LogP contribution in [0, 0.1) is 0 Å². The molecule has 0 radical (unpaired) electrons. The third-order valence-electron chi connectivity index (χ3n) is 2.74. The van der Waals surface area contributed by atoms with E-state index in [1.54, 1.807) is 14.2 Å². The van der Waals surface area contributed by atoms with Crippen LogP contribution in [0.3, 0.4) is 0 Å². The van der Waals surface area contributed by atoms with Gasteiger partial charge in [-0.1, -0.05) is 0 Å². The van der Waals surface area contributed by atoms with E-state index in [0.717, 1.165) is 23.6 Å². The van der Waals surface area contributed by atoms with Crippen LogP contribution in [0.5, 0.6) is 11.5 Å². The first-order valence-electron chi connectivity index (χ1n) is 5.99. The molecule has 5 heteroatoms. The summed E-state index contributed by atoms with van der Waals surface area (Å²) in [5.41, 5.74) is 6.59. The molecule has 3 N–H and O–H groups in total. The lowest BCUT2D eigenvalue weighted by Crippen LogP contribution is -2.31. The molecule has 1 aromatic carbocycles. The number of aliphatic hydroxyl groups excluding tert-OH is 1. The molecule has 0 aliphatic rings. The molecule has 0 fully saturated rings. The van der Waals surface area contributed by atoms with Crippen LogP contribution in [-0.4, -0.2) is 50.5 Å². The highest BCUT2D eigenvalue weighted by Crippen LogP contribution is 2.25. The van der Waals surface area contributed by atoms with Crippen molar-refractivity contribution in [2.24, 2.45) is 5.73 Å². The average molecular weight is 254 g/mol. The fraction of sp³-hybridized carbons (Fsp3) is 0.538. The summed E-state index contributed by atoms with van der Waals surface area (Å²) in [4.78, 5) is 2.08. The summed E-state index contributed by atoms with van der Waals surface area (Å²) in [5.74, 6) is 1.61. The van der Waals surface area contributed by atoms with E-state index >= 15 is 0 Å². The second-order valence-corrected chi connectivity index (χ2v) is 3.97. The highest BCUT2D eigenvalue weighted by atomic mass is 16.5. The number of methoxy groups -OCH3 is 2. The summed E-state index contributed by atoms with van der Waals surface area (Å²) in [6.07, 6.45) is 0. The number of nitrogens with two attached hydrogens (primary N) is 1. The number of hydrogen-bond acceptors (Lipinski definition) is 5. The van der Waals surface area contributed by atoms with Crippen molar-refractivity contribution in [2.75, 3.05) is 40.5 Å². The van der Waals surface area contributed by atoms with Crippen molar-refractivity contribution in [3.05, 3.63) is 23.8 Å². The molecule has 18 heavy (non-hydrogen) atoms. The van der Waals surface area contributed by atoms with E-state index in [9.17, 15) is 0 Å². The zero-order valence-electron chi connectivity index (χ0n) is 11.1. The van der Waals surface area contributed by atoms with Gasteiger partial charge in [-0.25, -0.2) is 0 Å². The van der Waals surface area contributed by atoms with Crippen molar-refractivity contribution in [1.82, 2.24) is 4.90 Å². The van der Waals surface area contributed by atoms with Crippen LogP contribution in [0.25, 0.3) is 0 Å². The summed E-state index contributed by atoms with van der Waals surface area (Å²) in [7, 11) is 3.28. The standard InChI is InChI=1S/C13H22N2O3/c1-17-12-3-4-13(18-2)11(9-12)10-15(6-5-14)7-8-16/h3-4,9,16H,5-8,10,14H2,1-2H3. The van der Waals surface area contributed by atoms with Gasteiger partial charge in [-0.3, -0.25) is 4.90 Å². The summed E-state index contributed by atoms with van der Waals surface area (Å²) >= 11 is 0. The Morgan fingerprint density at radius 3 is 2.56 bits per heavy atom. The van der Waals surface area contributed by atoms with Crippen molar-refractivity contribution in [1.29, 1.82) is 0 Å². The predicted molar refractivity (Wildman–Crippen MR) is 71.0 cm³/mol. The normalized spacial score (nSPS) is 10.7. The van der Waals surface area contributed by atoms with Gasteiger partial charge in [0, 0.05) is 31.7 Å². The molecule has 0 heterocycles. The van der Waals surface area contributed by atoms with Gasteiger partial charge in [0.1, 0.15) is 11.5 Å². The number of benzene rings is 1. The molecule has 102 valence electrons. The molecule has 0 saturated heterocycles. The van der Waals surface area contributed by atoms with Gasteiger partial charge in [-0.2, -0.15) is 0 Å². The fourth-order valence-corrected chi connectivity index (χ4v) is 1.84. The zero-order valence-corrected chi connectivity index (χ0v) is 11.1. The monoisotopic (exact) mass is 254 g/mol. The lowest BCUT2D eigenvalue weighted by atomic mass is 10.1. The van der Waals surface area contributed by atoms with E-state index in [-0.39, 0.29) is 6.61 Å². The quantitative estimate of drug-likeness (QED) is 0.705. The van der Waals surface area contributed by atoms with E-state index in [1.807, 2.05) is 18.2 Å². The molecule has 0 unspecified atom stereocenters. The maximum Gasteiger partial charge on any atom is 0.123 e. The number of hydrogen-bond donors (Lipinski definition) is 2. The van der Waals surface area contributed by atoms with Crippen LogP contribution >= 0.6 is 0 Å². The first-order valence-corrected chi connectivity index (χ1v) is 5.99. The summed E-state index contributed by atoms with van der Waals surface area (Å²) in [5, 5.41) is 9.03. The maximum atomic E-state index is 9.03. The molecular formula is C13H22N2O3. The van der Waals surface area contributed by atoms with Gasteiger partial charge < -0.3 is 20.3 Å². The van der Waals surface area contributed by atoms with E-state index in [4.69, 9.17) is 20.3 Å². The lowest BCUT2D eigenvalue weighted by molar-refractivity contribution is 0.192. The van der Waals surface area contributed by atoms with Gasteiger partial charge in [0.2, 0.25) is 0 Å². The second-order valence-electron chi connectivity index (χ2n) is 3.97. The van der Waals surface area contributed by atoms with E-state index < -0.39 is 0 Å².